The van der Waals surface area contributed by atoms with Crippen LogP contribution in [0, 0.1) is 0 Å². The topological polar surface area (TPSA) is 57.6 Å². The minimum Gasteiger partial charge on any atom is -0.396 e. The minimum absolute atomic E-state index is 0.0292. The molecule has 0 rings (SSSR count). The van der Waals surface area contributed by atoms with Crippen LogP contribution in [0.1, 0.15) is 20.3 Å². The van der Waals surface area contributed by atoms with E-state index in [9.17, 15) is 8.42 Å². The number of aliphatic hydroxyl groups is 1. The first-order chi connectivity index (χ1) is 6.40. The van der Waals surface area contributed by atoms with E-state index in [2.05, 4.69) is 4.90 Å². The quantitative estimate of drug-likeness (QED) is 0.666. The van der Waals surface area contributed by atoms with E-state index in [1.807, 2.05) is 13.8 Å². The summed E-state index contributed by atoms with van der Waals surface area (Å²) in [5.41, 5.74) is 0. The van der Waals surface area contributed by atoms with Gasteiger partial charge in [0.2, 0.25) is 0 Å². The Kier molecular flexibility index (Phi) is 6.31. The predicted molar refractivity (Wildman–Crippen MR) is 58.1 cm³/mol. The molecule has 0 aromatic carbocycles. The fourth-order valence-electron chi connectivity index (χ4n) is 1.51. The van der Waals surface area contributed by atoms with Crippen LogP contribution in [0.15, 0.2) is 0 Å². The molecule has 0 fully saturated rings. The highest BCUT2D eigenvalue weighted by Crippen LogP contribution is 2.02. The Morgan fingerprint density at radius 2 is 2.00 bits per heavy atom. The van der Waals surface area contributed by atoms with E-state index >= 15 is 0 Å². The molecular weight excluding hydrogens is 202 g/mol. The number of nitrogens with zero attached hydrogens (tertiary/aromatic N) is 1. The lowest BCUT2D eigenvalue weighted by Crippen LogP contribution is -2.38. The maximum Gasteiger partial charge on any atom is 0.148 e. The van der Waals surface area contributed by atoms with Crippen LogP contribution in [0.2, 0.25) is 0 Å². The van der Waals surface area contributed by atoms with Crippen LogP contribution >= 0.6 is 0 Å². The Morgan fingerprint density at radius 1 is 1.43 bits per heavy atom. The van der Waals surface area contributed by atoms with Gasteiger partial charge in [0.1, 0.15) is 9.84 Å². The van der Waals surface area contributed by atoms with Crippen molar-refractivity contribution in [2.75, 3.05) is 31.7 Å². The van der Waals surface area contributed by atoms with E-state index in [0.717, 1.165) is 13.1 Å². The molecule has 0 aliphatic carbocycles. The normalized spacial score (nSPS) is 14.6. The molecule has 0 saturated heterocycles. The van der Waals surface area contributed by atoms with E-state index in [1.165, 1.54) is 6.26 Å². The predicted octanol–water partition coefficient (Wildman–Crippen LogP) is 0.124. The van der Waals surface area contributed by atoms with Gasteiger partial charge in [-0.2, -0.15) is 0 Å². The summed E-state index contributed by atoms with van der Waals surface area (Å²) < 4.78 is 22.1. The van der Waals surface area contributed by atoms with Gasteiger partial charge in [0.25, 0.3) is 0 Å². The third kappa shape index (κ3) is 6.34. The Morgan fingerprint density at radius 3 is 2.36 bits per heavy atom. The molecule has 1 N–H and O–H groups in total. The van der Waals surface area contributed by atoms with E-state index in [0.29, 0.717) is 6.42 Å². The van der Waals surface area contributed by atoms with Crippen molar-refractivity contribution < 1.29 is 13.5 Å². The van der Waals surface area contributed by atoms with Crippen LogP contribution in [-0.2, 0) is 9.84 Å². The molecule has 4 nitrogen and oxygen atoms in total. The van der Waals surface area contributed by atoms with Gasteiger partial charge in [-0.1, -0.05) is 6.92 Å². The summed E-state index contributed by atoms with van der Waals surface area (Å²) in [5.74, 6) is 0.187. The summed E-state index contributed by atoms with van der Waals surface area (Å²) in [7, 11) is -2.91. The molecule has 86 valence electrons. The van der Waals surface area contributed by atoms with E-state index in [4.69, 9.17) is 5.11 Å². The van der Waals surface area contributed by atoms with Gasteiger partial charge in [-0.3, -0.25) is 4.90 Å². The SMILES string of the molecule is CCN(CCCO)C(C)CS(C)(=O)=O. The van der Waals surface area contributed by atoms with E-state index in [-0.39, 0.29) is 18.4 Å². The molecule has 0 saturated carbocycles. The van der Waals surface area contributed by atoms with Crippen molar-refractivity contribution in [2.45, 2.75) is 26.3 Å². The van der Waals surface area contributed by atoms with Crippen LogP contribution in [0.5, 0.6) is 0 Å². The van der Waals surface area contributed by atoms with Gasteiger partial charge >= 0.3 is 0 Å². The second kappa shape index (κ2) is 6.37. The van der Waals surface area contributed by atoms with Gasteiger partial charge in [-0.05, 0) is 19.9 Å². The Hall–Kier alpha value is -0.130. The fourth-order valence-corrected chi connectivity index (χ4v) is 2.59. The molecule has 0 heterocycles. The number of hydrogen-bond acceptors (Lipinski definition) is 4. The van der Waals surface area contributed by atoms with Crippen LogP contribution in [0.25, 0.3) is 0 Å². The second-order valence-electron chi connectivity index (χ2n) is 3.65. The first-order valence-corrected chi connectivity index (χ1v) is 6.99. The Balaban J connectivity index is 4.10. The third-order valence-corrected chi connectivity index (χ3v) is 3.26. The molecule has 0 spiro atoms. The second-order valence-corrected chi connectivity index (χ2v) is 5.83. The van der Waals surface area contributed by atoms with Gasteiger partial charge < -0.3 is 5.11 Å². The van der Waals surface area contributed by atoms with Gasteiger partial charge in [-0.25, -0.2) is 8.42 Å². The molecule has 14 heavy (non-hydrogen) atoms. The molecule has 5 heteroatoms. The highest BCUT2D eigenvalue weighted by molar-refractivity contribution is 7.90. The highest BCUT2D eigenvalue weighted by atomic mass is 32.2. The summed E-state index contributed by atoms with van der Waals surface area (Å²) in [6.07, 6.45) is 1.95. The zero-order valence-electron chi connectivity index (χ0n) is 9.23. The number of sulfone groups is 1. The molecule has 0 aliphatic heterocycles. The number of rotatable bonds is 7. The molecule has 0 radical (unpaired) electrons. The largest absolute Gasteiger partial charge is 0.396 e. The van der Waals surface area contributed by atoms with Crippen molar-refractivity contribution in [2.24, 2.45) is 0 Å². The maximum absolute atomic E-state index is 11.1. The van der Waals surface area contributed by atoms with Crippen LogP contribution in [0.4, 0.5) is 0 Å². The summed E-state index contributed by atoms with van der Waals surface area (Å²) in [5, 5.41) is 8.68. The van der Waals surface area contributed by atoms with Crippen molar-refractivity contribution in [1.29, 1.82) is 0 Å². The highest BCUT2D eigenvalue weighted by Gasteiger charge is 2.16. The first-order valence-electron chi connectivity index (χ1n) is 4.93. The average molecular weight is 223 g/mol. The zero-order chi connectivity index (χ0) is 11.2. The van der Waals surface area contributed by atoms with Crippen molar-refractivity contribution in [3.05, 3.63) is 0 Å². The summed E-state index contributed by atoms with van der Waals surface area (Å²) in [6, 6.07) is 0.0292. The molecule has 0 aromatic rings. The van der Waals surface area contributed by atoms with E-state index < -0.39 is 9.84 Å². The molecular formula is C9H21NO3S. The minimum atomic E-state index is -2.91. The molecule has 0 aromatic heterocycles. The molecule has 0 amide bonds. The lowest BCUT2D eigenvalue weighted by atomic mass is 10.3. The molecule has 0 aliphatic rings. The van der Waals surface area contributed by atoms with Crippen molar-refractivity contribution in [3.8, 4) is 0 Å². The lowest BCUT2D eigenvalue weighted by molar-refractivity contribution is 0.201. The standard InChI is InChI=1S/C9H21NO3S/c1-4-10(6-5-7-11)9(2)8-14(3,12)13/h9,11H,4-8H2,1-3H3. The molecule has 1 atom stereocenters. The van der Waals surface area contributed by atoms with Crippen molar-refractivity contribution >= 4 is 9.84 Å². The van der Waals surface area contributed by atoms with Crippen LogP contribution < -0.4 is 0 Å². The first kappa shape index (κ1) is 13.9. The number of hydrogen-bond donors (Lipinski definition) is 1. The van der Waals surface area contributed by atoms with Crippen LogP contribution in [0.3, 0.4) is 0 Å². The zero-order valence-corrected chi connectivity index (χ0v) is 10.0. The maximum atomic E-state index is 11.1. The lowest BCUT2D eigenvalue weighted by Gasteiger charge is -2.26. The Bertz CT molecular complexity index is 238. The summed E-state index contributed by atoms with van der Waals surface area (Å²) >= 11 is 0. The van der Waals surface area contributed by atoms with Crippen molar-refractivity contribution in [1.82, 2.24) is 4.90 Å². The van der Waals surface area contributed by atoms with E-state index in [1.54, 1.807) is 0 Å². The third-order valence-electron chi connectivity index (χ3n) is 2.18. The van der Waals surface area contributed by atoms with Gasteiger partial charge in [0.05, 0.1) is 5.75 Å². The van der Waals surface area contributed by atoms with Gasteiger partial charge in [0, 0.05) is 25.4 Å². The fraction of sp³-hybridized carbons (Fsp3) is 1.00. The molecule has 0 bridgehead atoms. The van der Waals surface area contributed by atoms with Gasteiger partial charge in [-0.15, -0.1) is 0 Å². The summed E-state index contributed by atoms with van der Waals surface area (Å²) in [6.45, 7) is 5.63. The number of aliphatic hydroxyl groups excluding tert-OH is 1. The van der Waals surface area contributed by atoms with Crippen LogP contribution in [-0.4, -0.2) is 56.2 Å². The monoisotopic (exact) mass is 223 g/mol. The molecule has 1 unspecified atom stereocenters. The van der Waals surface area contributed by atoms with Gasteiger partial charge in [0.15, 0.2) is 0 Å². The average Bonchev–Trinajstić information content (AvgIpc) is 2.02. The smallest absolute Gasteiger partial charge is 0.148 e. The summed E-state index contributed by atoms with van der Waals surface area (Å²) in [4.78, 5) is 2.07. The van der Waals surface area contributed by atoms with Crippen molar-refractivity contribution in [3.63, 3.8) is 0 Å². The Labute approximate surface area is 86.8 Å².